The average Bonchev–Trinajstić information content (AvgIpc) is 3.27. The number of methoxy groups -OCH3 is 1. The zero-order valence-corrected chi connectivity index (χ0v) is 39.8. The third-order valence-corrected chi connectivity index (χ3v) is 10.3. The minimum absolute atomic E-state index is 0.203. The van der Waals surface area contributed by atoms with E-state index in [-0.39, 0.29) is 39.6 Å². The van der Waals surface area contributed by atoms with Crippen LogP contribution in [0.1, 0.15) is 107 Å². The van der Waals surface area contributed by atoms with Crippen molar-refractivity contribution in [3.8, 4) is 0 Å². The Bertz CT molecular complexity index is 1540. The molecule has 14 atom stereocenters. The second kappa shape index (κ2) is 32.7. The molecule has 0 aromatic heterocycles. The molecule has 6 unspecified atom stereocenters. The van der Waals surface area contributed by atoms with E-state index in [9.17, 15) is 35.3 Å². The summed E-state index contributed by atoms with van der Waals surface area (Å²) in [5.74, 6) is -3.13. The Hall–Kier alpha value is -3.90. The molecule has 1 N–H and O–H groups in total. The van der Waals surface area contributed by atoms with Crippen LogP contribution >= 0.6 is 0 Å². The van der Waals surface area contributed by atoms with Crippen molar-refractivity contribution in [3.05, 3.63) is 20.9 Å². The Labute approximate surface area is 386 Å². The second-order valence-electron chi connectivity index (χ2n) is 15.6. The number of ether oxygens (including phenoxy) is 13. The first-order valence-corrected chi connectivity index (χ1v) is 22.7. The monoisotopic (exact) mass is 948 g/mol. The molecule has 0 radical (unpaired) electrons. The number of carbonyl (C=O) groups excluding carboxylic acids is 4. The minimum atomic E-state index is -1.79. The van der Waals surface area contributed by atoms with Gasteiger partial charge in [-0.15, -0.1) is 0 Å². The maximum atomic E-state index is 14.0. The molecule has 2 aliphatic heterocycles. The molecule has 24 nitrogen and oxygen atoms in total. The lowest BCUT2D eigenvalue weighted by Crippen LogP contribution is -2.62. The molecule has 0 amide bonds. The smallest absolute Gasteiger partial charge is 0.337 e. The van der Waals surface area contributed by atoms with Gasteiger partial charge in [0.1, 0.15) is 61.9 Å². The molecule has 2 saturated heterocycles. The number of hydrogen-bond acceptors (Lipinski definition) is 20. The van der Waals surface area contributed by atoms with Crippen molar-refractivity contribution in [2.75, 3.05) is 53.4 Å². The van der Waals surface area contributed by atoms with Gasteiger partial charge in [0.2, 0.25) is 6.29 Å². The summed E-state index contributed by atoms with van der Waals surface area (Å²) in [6, 6.07) is -2.82. The van der Waals surface area contributed by atoms with Crippen molar-refractivity contribution >= 4 is 23.9 Å². The summed E-state index contributed by atoms with van der Waals surface area (Å²) >= 11 is 0. The second-order valence-corrected chi connectivity index (χ2v) is 15.6. The maximum absolute atomic E-state index is 14.0. The standard InChI is InChI=1S/C42H72N6O18/c1-10-14-18-55-22-29(62-42-33(46-48-44)38(58-21-17-13-4)36(57-20-16-12-3)31(64-42)24-60-27(7)50)37(39(53)54-9)66-40(25(5)56-19-15-11-2)65-35-30(23-59-26(6)49)63-41(61-28(8)51)32(34(35)52)45-47-43/h25,29-38,40-42,52H,10-24H2,1-9H3/t25-,29-,30?,31?,32-,33?,34?,35+,36+,37?,38+,40+,41?,42-/m0/s1. The van der Waals surface area contributed by atoms with E-state index in [0.717, 1.165) is 46.6 Å². The predicted molar refractivity (Wildman–Crippen MR) is 230 cm³/mol. The van der Waals surface area contributed by atoms with E-state index in [1.807, 2.05) is 27.7 Å². The van der Waals surface area contributed by atoms with Crippen LogP contribution in [0.25, 0.3) is 20.9 Å². The van der Waals surface area contributed by atoms with Gasteiger partial charge in [0.25, 0.3) is 0 Å². The van der Waals surface area contributed by atoms with Crippen LogP contribution < -0.4 is 0 Å². The first-order chi connectivity index (χ1) is 31.7. The SMILES string of the molecule is CCCCOC[C@H](O[C@H]1OC(COC(C)=O)[C@@H](OCCCC)[C@H](OCCCC)C1N=[N+]=[N-])C(O[C@@H](O[C@@H]1C(COC(C)=O)OC(OC(C)=O)[C@@H](N=[N+]=[N-])C1O)[C@H](C)OCCCC)C(=O)OC. The number of nitrogens with zero attached hydrogens (tertiary/aromatic N) is 6. The van der Waals surface area contributed by atoms with Crippen molar-refractivity contribution in [1.82, 2.24) is 0 Å². The molecule has 66 heavy (non-hydrogen) atoms. The van der Waals surface area contributed by atoms with E-state index in [4.69, 9.17) is 61.6 Å². The zero-order valence-electron chi connectivity index (χ0n) is 39.8. The molecule has 0 spiro atoms. The zero-order chi connectivity index (χ0) is 49.0. The van der Waals surface area contributed by atoms with Crippen molar-refractivity contribution in [3.63, 3.8) is 0 Å². The average molecular weight is 949 g/mol. The Balaban J connectivity index is 2.78. The molecule has 2 heterocycles. The van der Waals surface area contributed by atoms with Gasteiger partial charge in [-0.25, -0.2) is 4.79 Å². The normalized spacial score (nSPS) is 26.9. The fraction of sp³-hybridized carbons (Fsp3) is 0.905. The van der Waals surface area contributed by atoms with Gasteiger partial charge in [-0.3, -0.25) is 14.4 Å². The van der Waals surface area contributed by atoms with E-state index in [2.05, 4.69) is 20.1 Å². The van der Waals surface area contributed by atoms with Gasteiger partial charge in [-0.05, 0) is 43.7 Å². The molecule has 2 rings (SSSR count). The lowest BCUT2D eigenvalue weighted by molar-refractivity contribution is -0.329. The number of carbonyl (C=O) groups is 4. The number of azide groups is 2. The van der Waals surface area contributed by atoms with Crippen LogP contribution in [0.4, 0.5) is 0 Å². The first kappa shape index (κ1) is 58.2. The van der Waals surface area contributed by atoms with Crippen molar-refractivity contribution < 1.29 is 85.9 Å². The third-order valence-electron chi connectivity index (χ3n) is 10.3. The summed E-state index contributed by atoms with van der Waals surface area (Å²) in [4.78, 5) is 56.0. The highest BCUT2D eigenvalue weighted by Gasteiger charge is 2.52. The molecule has 0 aromatic rings. The van der Waals surface area contributed by atoms with Crippen molar-refractivity contribution in [2.24, 2.45) is 10.2 Å². The fourth-order valence-electron chi connectivity index (χ4n) is 6.76. The number of aliphatic hydroxyl groups excluding tert-OH is 1. The van der Waals surface area contributed by atoms with E-state index < -0.39 is 116 Å². The van der Waals surface area contributed by atoms with Gasteiger partial charge in [0.05, 0.1) is 25.9 Å². The summed E-state index contributed by atoms with van der Waals surface area (Å²) in [7, 11) is 1.11. The van der Waals surface area contributed by atoms with E-state index in [1.165, 1.54) is 6.92 Å². The van der Waals surface area contributed by atoms with E-state index in [0.29, 0.717) is 25.7 Å². The quantitative estimate of drug-likeness (QED) is 0.0174. The van der Waals surface area contributed by atoms with Gasteiger partial charge >= 0.3 is 23.9 Å². The van der Waals surface area contributed by atoms with Crippen LogP contribution in [0.3, 0.4) is 0 Å². The Kier molecular flexibility index (Phi) is 28.9. The summed E-state index contributed by atoms with van der Waals surface area (Å²) in [5, 5.41) is 19.4. The van der Waals surface area contributed by atoms with Crippen LogP contribution in [0.5, 0.6) is 0 Å². The number of esters is 4. The molecule has 0 aliphatic carbocycles. The minimum Gasteiger partial charge on any atom is -0.467 e. The van der Waals surface area contributed by atoms with Gasteiger partial charge in [0, 0.05) is 57.0 Å². The molecular formula is C42H72N6O18. The lowest BCUT2D eigenvalue weighted by Gasteiger charge is -2.46. The van der Waals surface area contributed by atoms with E-state index in [1.54, 1.807) is 6.92 Å². The highest BCUT2D eigenvalue weighted by molar-refractivity contribution is 5.75. The lowest BCUT2D eigenvalue weighted by atomic mass is 9.96. The topological polar surface area (TPSA) is 306 Å². The summed E-state index contributed by atoms with van der Waals surface area (Å²) < 4.78 is 77.7. The Morgan fingerprint density at radius 1 is 0.697 bits per heavy atom. The van der Waals surface area contributed by atoms with Crippen LogP contribution in [0.15, 0.2) is 10.2 Å². The van der Waals surface area contributed by atoms with Crippen molar-refractivity contribution in [2.45, 2.75) is 193 Å². The first-order valence-electron chi connectivity index (χ1n) is 22.7. The molecule has 0 aromatic carbocycles. The predicted octanol–water partition coefficient (Wildman–Crippen LogP) is 4.89. The van der Waals surface area contributed by atoms with Crippen LogP contribution in [0.2, 0.25) is 0 Å². The van der Waals surface area contributed by atoms with Crippen LogP contribution in [-0.2, 0) is 80.8 Å². The van der Waals surface area contributed by atoms with Gasteiger partial charge in [-0.1, -0.05) is 63.6 Å². The number of unbranched alkanes of at least 4 members (excludes halogenated alkanes) is 4. The molecule has 378 valence electrons. The third kappa shape index (κ3) is 19.7. The molecule has 24 heteroatoms. The highest BCUT2D eigenvalue weighted by Crippen LogP contribution is 2.33. The molecule has 0 saturated carbocycles. The molecular weight excluding hydrogens is 876 g/mol. The number of aliphatic hydroxyl groups is 1. The van der Waals surface area contributed by atoms with Crippen LogP contribution in [0, 0.1) is 0 Å². The summed E-state index contributed by atoms with van der Waals surface area (Å²) in [5.41, 5.74) is 19.3. The molecule has 0 bridgehead atoms. The van der Waals surface area contributed by atoms with Gasteiger partial charge in [0.15, 0.2) is 18.7 Å². The number of rotatable bonds is 33. The van der Waals surface area contributed by atoms with E-state index >= 15 is 0 Å². The molecule has 2 aliphatic rings. The summed E-state index contributed by atoms with van der Waals surface area (Å²) in [6.07, 6.45) is -11.0. The highest BCUT2D eigenvalue weighted by atomic mass is 16.8. The Morgan fingerprint density at radius 2 is 1.23 bits per heavy atom. The van der Waals surface area contributed by atoms with Gasteiger partial charge < -0.3 is 66.7 Å². The fourth-order valence-corrected chi connectivity index (χ4v) is 6.76. The maximum Gasteiger partial charge on any atom is 0.337 e. The van der Waals surface area contributed by atoms with Gasteiger partial charge in [-0.2, -0.15) is 0 Å². The Morgan fingerprint density at radius 3 is 1.77 bits per heavy atom. The summed E-state index contributed by atoms with van der Waals surface area (Å²) in [6.45, 7) is 12.7. The number of hydrogen-bond donors (Lipinski definition) is 1. The largest absolute Gasteiger partial charge is 0.467 e. The molecule has 2 fully saturated rings. The van der Waals surface area contributed by atoms with Crippen LogP contribution in [-0.4, -0.2) is 168 Å². The van der Waals surface area contributed by atoms with Crippen molar-refractivity contribution in [1.29, 1.82) is 0 Å².